The maximum atomic E-state index is 12.6. The minimum atomic E-state index is -0.242. The maximum Gasteiger partial charge on any atom is 0.255 e. The molecule has 0 saturated heterocycles. The fourth-order valence-corrected chi connectivity index (χ4v) is 2.55. The van der Waals surface area contributed by atoms with E-state index in [4.69, 9.17) is 9.47 Å². The largest absolute Gasteiger partial charge is 0.486 e. The number of carbonyl (C=O) groups is 1. The standard InChI is InChI=1S/C17H15N5O3/c23-17(13-2-1-5-19-16(13)22-11-18-10-21-22)20-9-12-3-4-14-15(8-12)25-7-6-24-14/h1-5,8,10-11H,6-7,9H2,(H,20,23). The highest BCUT2D eigenvalue weighted by Crippen LogP contribution is 2.30. The normalized spacial score (nSPS) is 12.6. The van der Waals surface area contributed by atoms with E-state index < -0.39 is 0 Å². The van der Waals surface area contributed by atoms with Crippen LogP contribution in [0.15, 0.2) is 49.2 Å². The molecule has 0 fully saturated rings. The summed E-state index contributed by atoms with van der Waals surface area (Å²) in [6, 6.07) is 9.02. The number of nitrogens with one attached hydrogen (secondary N) is 1. The van der Waals surface area contributed by atoms with Crippen molar-refractivity contribution in [3.05, 3.63) is 60.3 Å². The van der Waals surface area contributed by atoms with Gasteiger partial charge in [0, 0.05) is 12.7 Å². The van der Waals surface area contributed by atoms with Crippen LogP contribution in [-0.2, 0) is 6.54 Å². The van der Waals surface area contributed by atoms with Gasteiger partial charge in [-0.2, -0.15) is 5.10 Å². The molecule has 1 aliphatic heterocycles. The predicted molar refractivity (Wildman–Crippen MR) is 87.8 cm³/mol. The van der Waals surface area contributed by atoms with Gasteiger partial charge in [0.25, 0.3) is 5.91 Å². The van der Waals surface area contributed by atoms with Gasteiger partial charge in [0.1, 0.15) is 25.9 Å². The Bertz CT molecular complexity index is 895. The van der Waals surface area contributed by atoms with E-state index in [1.807, 2.05) is 18.2 Å². The molecule has 0 radical (unpaired) electrons. The van der Waals surface area contributed by atoms with E-state index in [-0.39, 0.29) is 5.91 Å². The molecular weight excluding hydrogens is 322 g/mol. The number of pyridine rings is 1. The molecule has 0 atom stereocenters. The summed E-state index contributed by atoms with van der Waals surface area (Å²) < 4.78 is 12.5. The van der Waals surface area contributed by atoms with E-state index in [1.165, 1.54) is 17.3 Å². The summed E-state index contributed by atoms with van der Waals surface area (Å²) in [5, 5.41) is 6.92. The Morgan fingerprint density at radius 1 is 1.20 bits per heavy atom. The molecule has 126 valence electrons. The molecule has 1 aromatic carbocycles. The quantitative estimate of drug-likeness (QED) is 0.773. The second kappa shape index (κ2) is 6.60. The van der Waals surface area contributed by atoms with Crippen molar-refractivity contribution in [1.29, 1.82) is 0 Å². The number of amides is 1. The highest BCUT2D eigenvalue weighted by Gasteiger charge is 2.15. The van der Waals surface area contributed by atoms with Gasteiger partial charge >= 0.3 is 0 Å². The third kappa shape index (κ3) is 3.14. The second-order valence-corrected chi connectivity index (χ2v) is 5.38. The van der Waals surface area contributed by atoms with Crippen LogP contribution in [0.1, 0.15) is 15.9 Å². The molecule has 4 rings (SSSR count). The molecule has 2 aromatic heterocycles. The Balaban J connectivity index is 1.50. The second-order valence-electron chi connectivity index (χ2n) is 5.38. The minimum absolute atomic E-state index is 0.242. The van der Waals surface area contributed by atoms with Gasteiger partial charge < -0.3 is 14.8 Å². The van der Waals surface area contributed by atoms with Crippen LogP contribution in [0, 0.1) is 0 Å². The number of hydrogen-bond acceptors (Lipinski definition) is 6. The zero-order valence-electron chi connectivity index (χ0n) is 13.3. The number of fused-ring (bicyclic) bond motifs is 1. The molecule has 3 heterocycles. The lowest BCUT2D eigenvalue weighted by Crippen LogP contribution is -2.25. The Labute approximate surface area is 143 Å². The Hall–Kier alpha value is -3.42. The molecule has 0 aliphatic carbocycles. The highest BCUT2D eigenvalue weighted by molar-refractivity contribution is 5.97. The van der Waals surface area contributed by atoms with Crippen molar-refractivity contribution < 1.29 is 14.3 Å². The van der Waals surface area contributed by atoms with Crippen LogP contribution in [-0.4, -0.2) is 38.9 Å². The van der Waals surface area contributed by atoms with Gasteiger partial charge in [-0.3, -0.25) is 4.79 Å². The van der Waals surface area contributed by atoms with E-state index >= 15 is 0 Å². The average molecular weight is 337 g/mol. The summed E-state index contributed by atoms with van der Waals surface area (Å²) in [5.74, 6) is 1.61. The topological polar surface area (TPSA) is 91.2 Å². The van der Waals surface area contributed by atoms with E-state index in [2.05, 4.69) is 20.4 Å². The predicted octanol–water partition coefficient (Wildman–Crippen LogP) is 1.36. The number of nitrogens with zero attached hydrogens (tertiary/aromatic N) is 4. The van der Waals surface area contributed by atoms with E-state index in [1.54, 1.807) is 18.3 Å². The molecular formula is C17H15N5O3. The van der Waals surface area contributed by atoms with Crippen LogP contribution in [0.5, 0.6) is 11.5 Å². The number of hydrogen-bond donors (Lipinski definition) is 1. The van der Waals surface area contributed by atoms with Gasteiger partial charge in [0.15, 0.2) is 17.3 Å². The van der Waals surface area contributed by atoms with Gasteiger partial charge in [0.2, 0.25) is 0 Å². The maximum absolute atomic E-state index is 12.6. The highest BCUT2D eigenvalue weighted by atomic mass is 16.6. The minimum Gasteiger partial charge on any atom is -0.486 e. The summed E-state index contributed by atoms with van der Waals surface area (Å²) in [6.07, 6.45) is 4.50. The first-order valence-corrected chi connectivity index (χ1v) is 7.78. The average Bonchev–Trinajstić information content (AvgIpc) is 3.20. The lowest BCUT2D eigenvalue weighted by molar-refractivity contribution is 0.0950. The molecule has 8 heteroatoms. The van der Waals surface area contributed by atoms with Crippen molar-refractivity contribution in [1.82, 2.24) is 25.1 Å². The first kappa shape index (κ1) is 15.1. The zero-order valence-corrected chi connectivity index (χ0v) is 13.3. The summed E-state index contributed by atoms with van der Waals surface area (Å²) in [5.41, 5.74) is 1.34. The van der Waals surface area contributed by atoms with E-state index in [9.17, 15) is 4.79 Å². The molecule has 1 aliphatic rings. The molecule has 3 aromatic rings. The summed E-state index contributed by atoms with van der Waals surface area (Å²) in [6.45, 7) is 1.44. The molecule has 0 saturated carbocycles. The van der Waals surface area contributed by atoms with Gasteiger partial charge in [0.05, 0.1) is 5.56 Å². The van der Waals surface area contributed by atoms with Crippen molar-refractivity contribution in [2.45, 2.75) is 6.54 Å². The van der Waals surface area contributed by atoms with Gasteiger partial charge in [-0.15, -0.1) is 0 Å². The van der Waals surface area contributed by atoms with E-state index in [0.717, 1.165) is 11.3 Å². The SMILES string of the molecule is O=C(NCc1ccc2c(c1)OCCO2)c1cccnc1-n1cncn1. The molecule has 25 heavy (non-hydrogen) atoms. The van der Waals surface area contributed by atoms with Crippen LogP contribution >= 0.6 is 0 Å². The number of benzene rings is 1. The van der Waals surface area contributed by atoms with Gasteiger partial charge in [-0.1, -0.05) is 6.07 Å². The Morgan fingerprint density at radius 2 is 2.08 bits per heavy atom. The number of aromatic nitrogens is 4. The lowest BCUT2D eigenvalue weighted by atomic mass is 10.2. The first-order valence-electron chi connectivity index (χ1n) is 7.78. The Kier molecular flexibility index (Phi) is 3.99. The molecule has 0 bridgehead atoms. The van der Waals surface area contributed by atoms with Crippen LogP contribution in [0.4, 0.5) is 0 Å². The van der Waals surface area contributed by atoms with Crippen LogP contribution < -0.4 is 14.8 Å². The smallest absolute Gasteiger partial charge is 0.255 e. The third-order valence-corrected chi connectivity index (χ3v) is 3.73. The fraction of sp³-hybridized carbons (Fsp3) is 0.176. The molecule has 1 N–H and O–H groups in total. The summed E-state index contributed by atoms with van der Waals surface area (Å²) in [7, 11) is 0. The van der Waals surface area contributed by atoms with Gasteiger partial charge in [-0.05, 0) is 29.8 Å². The third-order valence-electron chi connectivity index (χ3n) is 3.73. The number of carbonyl (C=O) groups excluding carboxylic acids is 1. The molecule has 1 amide bonds. The van der Waals surface area contributed by atoms with Crippen molar-refractivity contribution in [3.8, 4) is 17.3 Å². The molecule has 0 spiro atoms. The van der Waals surface area contributed by atoms with Crippen LogP contribution in [0.2, 0.25) is 0 Å². The van der Waals surface area contributed by atoms with Crippen molar-refractivity contribution in [2.24, 2.45) is 0 Å². The molecule has 8 nitrogen and oxygen atoms in total. The van der Waals surface area contributed by atoms with Crippen molar-refractivity contribution in [3.63, 3.8) is 0 Å². The molecule has 0 unspecified atom stereocenters. The Morgan fingerprint density at radius 3 is 2.92 bits per heavy atom. The van der Waals surface area contributed by atoms with Crippen molar-refractivity contribution >= 4 is 5.91 Å². The number of rotatable bonds is 4. The zero-order chi connectivity index (χ0) is 17.1. The number of ether oxygens (including phenoxy) is 2. The van der Waals surface area contributed by atoms with E-state index in [0.29, 0.717) is 36.9 Å². The first-order chi connectivity index (χ1) is 12.3. The summed E-state index contributed by atoms with van der Waals surface area (Å²) in [4.78, 5) is 20.7. The fourth-order valence-electron chi connectivity index (χ4n) is 2.55. The van der Waals surface area contributed by atoms with Crippen LogP contribution in [0.25, 0.3) is 5.82 Å². The van der Waals surface area contributed by atoms with Crippen LogP contribution in [0.3, 0.4) is 0 Å². The monoisotopic (exact) mass is 337 g/mol. The van der Waals surface area contributed by atoms with Gasteiger partial charge in [-0.25, -0.2) is 14.6 Å². The lowest BCUT2D eigenvalue weighted by Gasteiger charge is -2.19. The van der Waals surface area contributed by atoms with Crippen molar-refractivity contribution in [2.75, 3.05) is 13.2 Å². The summed E-state index contributed by atoms with van der Waals surface area (Å²) >= 11 is 0.